The van der Waals surface area contributed by atoms with E-state index in [2.05, 4.69) is 15.3 Å². The van der Waals surface area contributed by atoms with Crippen LogP contribution in [0.1, 0.15) is 5.69 Å². The number of hydrogen-bond acceptors (Lipinski definition) is 3. The third kappa shape index (κ3) is 1.67. The summed E-state index contributed by atoms with van der Waals surface area (Å²) in [6.07, 6.45) is 6.49. The SMILES string of the molecule is CNCCc1cn2cnccc2n1. The molecular weight excluding hydrogens is 164 g/mol. The van der Waals surface area contributed by atoms with Crippen LogP contribution in [-0.4, -0.2) is 28.0 Å². The maximum Gasteiger partial charge on any atom is 0.139 e. The second-order valence-electron chi connectivity index (χ2n) is 2.93. The van der Waals surface area contributed by atoms with Gasteiger partial charge in [0.25, 0.3) is 0 Å². The van der Waals surface area contributed by atoms with Gasteiger partial charge in [0.05, 0.1) is 5.69 Å². The largest absolute Gasteiger partial charge is 0.319 e. The number of hydrogen-bond donors (Lipinski definition) is 1. The van der Waals surface area contributed by atoms with Gasteiger partial charge < -0.3 is 5.32 Å². The van der Waals surface area contributed by atoms with Crippen molar-refractivity contribution < 1.29 is 0 Å². The average Bonchev–Trinajstić information content (AvgIpc) is 2.57. The van der Waals surface area contributed by atoms with Gasteiger partial charge >= 0.3 is 0 Å². The zero-order chi connectivity index (χ0) is 9.10. The molecule has 0 bridgehead atoms. The van der Waals surface area contributed by atoms with E-state index in [1.807, 2.05) is 23.7 Å². The van der Waals surface area contributed by atoms with E-state index in [0.29, 0.717) is 0 Å². The van der Waals surface area contributed by atoms with Crippen LogP contribution in [0.2, 0.25) is 0 Å². The van der Waals surface area contributed by atoms with E-state index in [0.717, 1.165) is 24.3 Å². The molecule has 0 unspecified atom stereocenters. The van der Waals surface area contributed by atoms with Crippen LogP contribution in [0.5, 0.6) is 0 Å². The number of nitrogens with one attached hydrogen (secondary N) is 1. The molecule has 0 amide bonds. The number of imidazole rings is 1. The number of aromatic nitrogens is 3. The molecule has 13 heavy (non-hydrogen) atoms. The first kappa shape index (κ1) is 8.19. The smallest absolute Gasteiger partial charge is 0.139 e. The zero-order valence-electron chi connectivity index (χ0n) is 7.57. The van der Waals surface area contributed by atoms with Gasteiger partial charge in [-0.05, 0) is 13.1 Å². The molecule has 0 spiro atoms. The topological polar surface area (TPSA) is 42.2 Å². The zero-order valence-corrected chi connectivity index (χ0v) is 7.57. The molecule has 0 aliphatic heterocycles. The van der Waals surface area contributed by atoms with E-state index in [-0.39, 0.29) is 0 Å². The molecule has 0 atom stereocenters. The maximum atomic E-state index is 4.43. The minimum absolute atomic E-state index is 0.956. The van der Waals surface area contributed by atoms with Crippen LogP contribution < -0.4 is 5.32 Å². The third-order valence-corrected chi connectivity index (χ3v) is 1.94. The standard InChI is InChI=1S/C9H12N4/c1-10-4-2-8-6-13-7-11-5-3-9(13)12-8/h3,5-7,10H,2,4H2,1H3. The summed E-state index contributed by atoms with van der Waals surface area (Å²) < 4.78 is 1.94. The molecule has 2 aromatic rings. The first-order valence-corrected chi connectivity index (χ1v) is 4.32. The molecule has 2 aromatic heterocycles. The van der Waals surface area contributed by atoms with Gasteiger partial charge in [0.1, 0.15) is 12.0 Å². The molecule has 0 aliphatic rings. The van der Waals surface area contributed by atoms with Crippen LogP contribution in [-0.2, 0) is 6.42 Å². The van der Waals surface area contributed by atoms with Gasteiger partial charge in [0.2, 0.25) is 0 Å². The number of likely N-dealkylation sites (N-methyl/N-ethyl adjacent to an activating group) is 1. The Morgan fingerprint density at radius 1 is 1.54 bits per heavy atom. The summed E-state index contributed by atoms with van der Waals surface area (Å²) in [5.74, 6) is 0. The van der Waals surface area contributed by atoms with Gasteiger partial charge in [-0.15, -0.1) is 0 Å². The fraction of sp³-hybridized carbons (Fsp3) is 0.333. The van der Waals surface area contributed by atoms with Crippen molar-refractivity contribution in [1.82, 2.24) is 19.7 Å². The molecule has 2 rings (SSSR count). The van der Waals surface area contributed by atoms with Gasteiger partial charge in [0, 0.05) is 25.4 Å². The maximum absolute atomic E-state index is 4.43. The summed E-state index contributed by atoms with van der Waals surface area (Å²) in [6.45, 7) is 0.956. The van der Waals surface area contributed by atoms with Crippen molar-refractivity contribution in [2.45, 2.75) is 6.42 Å². The van der Waals surface area contributed by atoms with Crippen molar-refractivity contribution in [2.24, 2.45) is 0 Å². The highest BCUT2D eigenvalue weighted by Crippen LogP contribution is 2.02. The van der Waals surface area contributed by atoms with Crippen molar-refractivity contribution in [1.29, 1.82) is 0 Å². The molecule has 4 heteroatoms. The average molecular weight is 176 g/mol. The van der Waals surface area contributed by atoms with Gasteiger partial charge in [-0.1, -0.05) is 0 Å². The fourth-order valence-electron chi connectivity index (χ4n) is 1.27. The monoisotopic (exact) mass is 176 g/mol. The lowest BCUT2D eigenvalue weighted by Crippen LogP contribution is -2.10. The highest BCUT2D eigenvalue weighted by atomic mass is 15.0. The Hall–Kier alpha value is -1.42. The van der Waals surface area contributed by atoms with Crippen molar-refractivity contribution in [3.8, 4) is 0 Å². The van der Waals surface area contributed by atoms with Crippen LogP contribution in [0.3, 0.4) is 0 Å². The summed E-state index contributed by atoms with van der Waals surface area (Å²) in [5.41, 5.74) is 2.06. The second-order valence-corrected chi connectivity index (χ2v) is 2.93. The lowest BCUT2D eigenvalue weighted by atomic mass is 10.3. The van der Waals surface area contributed by atoms with E-state index < -0.39 is 0 Å². The lowest BCUT2D eigenvalue weighted by Gasteiger charge is -1.92. The Kier molecular flexibility index (Phi) is 2.23. The first-order valence-electron chi connectivity index (χ1n) is 4.32. The molecule has 1 N–H and O–H groups in total. The van der Waals surface area contributed by atoms with E-state index >= 15 is 0 Å². The van der Waals surface area contributed by atoms with E-state index in [4.69, 9.17) is 0 Å². The van der Waals surface area contributed by atoms with Crippen LogP contribution >= 0.6 is 0 Å². The summed E-state index contributed by atoms with van der Waals surface area (Å²) >= 11 is 0. The Bertz CT molecular complexity index is 360. The predicted molar refractivity (Wildman–Crippen MR) is 50.6 cm³/mol. The number of rotatable bonds is 3. The number of fused-ring (bicyclic) bond motifs is 1. The molecular formula is C9H12N4. The van der Waals surface area contributed by atoms with E-state index in [9.17, 15) is 0 Å². The molecule has 4 nitrogen and oxygen atoms in total. The fourth-order valence-corrected chi connectivity index (χ4v) is 1.27. The molecule has 2 heterocycles. The van der Waals surface area contributed by atoms with Crippen molar-refractivity contribution in [3.63, 3.8) is 0 Å². The minimum Gasteiger partial charge on any atom is -0.319 e. The Morgan fingerprint density at radius 3 is 3.23 bits per heavy atom. The van der Waals surface area contributed by atoms with Crippen molar-refractivity contribution in [3.05, 3.63) is 30.5 Å². The Labute approximate surface area is 76.6 Å². The Balaban J connectivity index is 2.28. The predicted octanol–water partition coefficient (Wildman–Crippen LogP) is 0.491. The van der Waals surface area contributed by atoms with Crippen LogP contribution in [0.15, 0.2) is 24.8 Å². The minimum atomic E-state index is 0.956. The molecule has 68 valence electrons. The Morgan fingerprint density at radius 2 is 2.46 bits per heavy atom. The normalized spacial score (nSPS) is 10.8. The number of nitrogens with zero attached hydrogens (tertiary/aromatic N) is 3. The summed E-state index contributed by atoms with van der Waals surface area (Å²) in [5, 5.41) is 3.10. The van der Waals surface area contributed by atoms with Crippen molar-refractivity contribution in [2.75, 3.05) is 13.6 Å². The van der Waals surface area contributed by atoms with Crippen LogP contribution in [0, 0.1) is 0 Å². The van der Waals surface area contributed by atoms with Gasteiger partial charge in [-0.2, -0.15) is 0 Å². The van der Waals surface area contributed by atoms with Gasteiger partial charge in [-0.25, -0.2) is 9.97 Å². The summed E-state index contributed by atoms with van der Waals surface area (Å²) in [7, 11) is 1.94. The quantitative estimate of drug-likeness (QED) is 0.740. The summed E-state index contributed by atoms with van der Waals surface area (Å²) in [6, 6.07) is 1.91. The summed E-state index contributed by atoms with van der Waals surface area (Å²) in [4.78, 5) is 8.45. The third-order valence-electron chi connectivity index (χ3n) is 1.94. The molecule has 0 fully saturated rings. The molecule has 0 saturated heterocycles. The highest BCUT2D eigenvalue weighted by molar-refractivity contribution is 5.37. The molecule has 0 aliphatic carbocycles. The van der Waals surface area contributed by atoms with Crippen LogP contribution in [0.4, 0.5) is 0 Å². The highest BCUT2D eigenvalue weighted by Gasteiger charge is 1.99. The van der Waals surface area contributed by atoms with Crippen LogP contribution in [0.25, 0.3) is 5.65 Å². The molecule has 0 saturated carbocycles. The van der Waals surface area contributed by atoms with Gasteiger partial charge in [-0.3, -0.25) is 4.40 Å². The van der Waals surface area contributed by atoms with Gasteiger partial charge in [0.15, 0.2) is 0 Å². The van der Waals surface area contributed by atoms with E-state index in [1.165, 1.54) is 0 Å². The first-order chi connectivity index (χ1) is 6.40. The second kappa shape index (κ2) is 3.53. The van der Waals surface area contributed by atoms with E-state index in [1.54, 1.807) is 12.5 Å². The molecule has 0 aromatic carbocycles. The lowest BCUT2D eigenvalue weighted by molar-refractivity contribution is 0.780. The van der Waals surface area contributed by atoms with Crippen molar-refractivity contribution >= 4 is 5.65 Å². The molecule has 0 radical (unpaired) electrons.